The molecule has 0 radical (unpaired) electrons. The van der Waals surface area contributed by atoms with E-state index in [1.807, 2.05) is 88.4 Å². The van der Waals surface area contributed by atoms with E-state index in [0.29, 0.717) is 11.3 Å². The van der Waals surface area contributed by atoms with Crippen LogP contribution in [0.25, 0.3) is 5.57 Å². The van der Waals surface area contributed by atoms with E-state index in [9.17, 15) is 14.4 Å². The summed E-state index contributed by atoms with van der Waals surface area (Å²) in [4.78, 5) is 45.5. The number of carbonyl (C=O) groups is 3. The van der Waals surface area contributed by atoms with Gasteiger partial charge >= 0.3 is 0 Å². The molecule has 0 saturated carbocycles. The molecule has 1 spiro atoms. The van der Waals surface area contributed by atoms with E-state index in [1.54, 1.807) is 12.1 Å². The van der Waals surface area contributed by atoms with Gasteiger partial charge in [-0.15, -0.1) is 0 Å². The molecule has 1 N–H and O–H groups in total. The van der Waals surface area contributed by atoms with E-state index in [-0.39, 0.29) is 17.5 Å². The number of rotatable bonds is 3. The second-order valence-electron chi connectivity index (χ2n) is 11.5. The first kappa shape index (κ1) is 24.8. The number of nitrogens with zero attached hydrogens (tertiary/aromatic N) is 1. The summed E-state index contributed by atoms with van der Waals surface area (Å²) in [6, 6.07) is 21.4. The van der Waals surface area contributed by atoms with Crippen molar-refractivity contribution in [3.63, 3.8) is 0 Å². The summed E-state index contributed by atoms with van der Waals surface area (Å²) in [6.45, 7) is 7.69. The van der Waals surface area contributed by atoms with Crippen molar-refractivity contribution in [1.29, 1.82) is 0 Å². The fourth-order valence-corrected chi connectivity index (χ4v) is 6.89. The molecule has 1 saturated heterocycles. The first-order valence-corrected chi connectivity index (χ1v) is 13.7. The van der Waals surface area contributed by atoms with E-state index in [1.165, 1.54) is 0 Å². The highest BCUT2D eigenvalue weighted by Crippen LogP contribution is 2.59. The lowest BCUT2D eigenvalue weighted by Crippen LogP contribution is -2.51. The van der Waals surface area contributed by atoms with E-state index in [4.69, 9.17) is 0 Å². The largest absolute Gasteiger partial charge is 0.352 e. The van der Waals surface area contributed by atoms with Crippen molar-refractivity contribution < 1.29 is 14.4 Å². The molecule has 3 heterocycles. The fraction of sp³-hybridized carbons (Fsp3) is 0.281. The van der Waals surface area contributed by atoms with Crippen LogP contribution in [0.3, 0.4) is 0 Å². The van der Waals surface area contributed by atoms with Crippen LogP contribution in [0.15, 0.2) is 83.3 Å². The lowest BCUT2D eigenvalue weighted by molar-refractivity contribution is -0.128. The van der Waals surface area contributed by atoms with Crippen molar-refractivity contribution in [1.82, 2.24) is 0 Å². The molecule has 1 fully saturated rings. The number of hydrogen-bond donors (Lipinski definition) is 1. The minimum Gasteiger partial charge on any atom is -0.352 e. The van der Waals surface area contributed by atoms with Gasteiger partial charge in [0.25, 0.3) is 0 Å². The van der Waals surface area contributed by atoms with Gasteiger partial charge in [-0.05, 0) is 42.3 Å². The van der Waals surface area contributed by atoms with Gasteiger partial charge in [0.1, 0.15) is 11.5 Å². The van der Waals surface area contributed by atoms with Crippen molar-refractivity contribution in [3.8, 4) is 0 Å². The summed E-state index contributed by atoms with van der Waals surface area (Å²) in [5.74, 6) is -1.43. The van der Waals surface area contributed by atoms with E-state index in [0.717, 1.165) is 26.9 Å². The third-order valence-corrected chi connectivity index (χ3v) is 8.83. The van der Waals surface area contributed by atoms with Crippen LogP contribution in [0, 0.1) is 11.3 Å². The Morgan fingerprint density at radius 2 is 1.61 bits per heavy atom. The number of nitrogens with one attached hydrogen (secondary N) is 1. The number of para-hydroxylation sites is 2. The average molecular weight is 569 g/mol. The molecule has 3 aliphatic heterocycles. The average Bonchev–Trinajstić information content (AvgIpc) is 3.36. The summed E-state index contributed by atoms with van der Waals surface area (Å²) >= 11 is 3.46. The Morgan fingerprint density at radius 1 is 0.947 bits per heavy atom. The van der Waals surface area contributed by atoms with Crippen LogP contribution >= 0.6 is 15.9 Å². The third-order valence-electron chi connectivity index (χ3n) is 8.30. The smallest absolute Gasteiger partial charge is 0.238 e. The van der Waals surface area contributed by atoms with Crippen LogP contribution < -0.4 is 10.2 Å². The Labute approximate surface area is 231 Å². The van der Waals surface area contributed by atoms with Gasteiger partial charge in [-0.25, -0.2) is 0 Å². The van der Waals surface area contributed by atoms with Crippen molar-refractivity contribution in [2.45, 2.75) is 45.2 Å². The zero-order chi connectivity index (χ0) is 27.0. The van der Waals surface area contributed by atoms with E-state index in [2.05, 4.69) is 32.2 Å². The Bertz CT molecular complexity index is 1530. The third kappa shape index (κ3) is 3.32. The van der Waals surface area contributed by atoms with Crippen molar-refractivity contribution in [3.05, 3.63) is 100 Å². The van der Waals surface area contributed by atoms with Gasteiger partial charge in [-0.3, -0.25) is 14.4 Å². The first-order chi connectivity index (χ1) is 18.1. The molecule has 38 heavy (non-hydrogen) atoms. The zero-order valence-corrected chi connectivity index (χ0v) is 23.4. The van der Waals surface area contributed by atoms with Gasteiger partial charge < -0.3 is 10.2 Å². The van der Waals surface area contributed by atoms with E-state index >= 15 is 0 Å². The van der Waals surface area contributed by atoms with Crippen LogP contribution in [0.5, 0.6) is 0 Å². The molecule has 0 aliphatic carbocycles. The molecule has 5 nitrogen and oxygen atoms in total. The molecule has 6 heteroatoms. The van der Waals surface area contributed by atoms with Gasteiger partial charge in [0.15, 0.2) is 11.6 Å². The van der Waals surface area contributed by atoms with Crippen LogP contribution in [0.1, 0.15) is 49.2 Å². The standard InChI is InChI=1S/C32H29BrN2O3/c1-18-17-25-32(22-10-6-7-11-23(22)34-30(32)38)26(28(36)19-13-15-20(33)16-14-19)27(29(37)31(2,3)4)35(25)24-12-8-5-9-21(18)24/h5-17,25-27H,1-4H3,(H,34,38)/t25-,26+,27-,32+/m0/s1. The predicted molar refractivity (Wildman–Crippen MR) is 153 cm³/mol. The van der Waals surface area contributed by atoms with Gasteiger partial charge in [-0.1, -0.05) is 91.3 Å². The number of fused-ring (bicyclic) bond motifs is 6. The van der Waals surface area contributed by atoms with Gasteiger partial charge in [0.05, 0.1) is 12.0 Å². The monoisotopic (exact) mass is 568 g/mol. The first-order valence-electron chi connectivity index (χ1n) is 12.9. The molecule has 6 rings (SSSR count). The number of benzene rings is 3. The Hall–Kier alpha value is -3.51. The minimum absolute atomic E-state index is 0.0604. The zero-order valence-electron chi connectivity index (χ0n) is 21.8. The topological polar surface area (TPSA) is 66.5 Å². The molecule has 3 aromatic rings. The van der Waals surface area contributed by atoms with Crippen LogP contribution in [-0.4, -0.2) is 29.6 Å². The maximum atomic E-state index is 14.7. The van der Waals surface area contributed by atoms with Gasteiger partial charge in [-0.2, -0.15) is 0 Å². The summed E-state index contributed by atoms with van der Waals surface area (Å²) < 4.78 is 0.853. The predicted octanol–water partition coefficient (Wildman–Crippen LogP) is 6.43. The molecular formula is C32H29BrN2O3. The second-order valence-corrected chi connectivity index (χ2v) is 12.4. The molecule has 3 aliphatic rings. The second kappa shape index (κ2) is 8.50. The molecule has 0 unspecified atom stereocenters. The number of amides is 1. The quantitative estimate of drug-likeness (QED) is 0.370. The summed E-state index contributed by atoms with van der Waals surface area (Å²) in [6.07, 6.45) is 2.09. The number of Topliss-reactive ketones (excluding diaryl/α,β-unsaturated/α-hetero) is 2. The number of ketones is 2. The lowest BCUT2D eigenvalue weighted by Gasteiger charge is -2.39. The fourth-order valence-electron chi connectivity index (χ4n) is 6.62. The van der Waals surface area contributed by atoms with Crippen LogP contribution in [0.4, 0.5) is 11.4 Å². The Morgan fingerprint density at radius 3 is 2.32 bits per heavy atom. The van der Waals surface area contributed by atoms with Crippen molar-refractivity contribution in [2.75, 3.05) is 10.2 Å². The number of anilines is 2. The van der Waals surface area contributed by atoms with Gasteiger partial charge in [0.2, 0.25) is 5.91 Å². The van der Waals surface area contributed by atoms with Crippen LogP contribution in [-0.2, 0) is 15.0 Å². The molecule has 1 amide bonds. The Kier molecular flexibility index (Phi) is 5.55. The van der Waals surface area contributed by atoms with Gasteiger partial charge in [0, 0.05) is 32.4 Å². The molecular weight excluding hydrogens is 540 g/mol. The number of halogens is 1. The Balaban J connectivity index is 1.70. The summed E-state index contributed by atoms with van der Waals surface area (Å²) in [5, 5.41) is 3.08. The maximum Gasteiger partial charge on any atom is 0.238 e. The maximum absolute atomic E-state index is 14.7. The van der Waals surface area contributed by atoms with Crippen molar-refractivity contribution in [2.24, 2.45) is 11.3 Å². The highest BCUT2D eigenvalue weighted by atomic mass is 79.9. The lowest BCUT2D eigenvalue weighted by atomic mass is 9.63. The highest BCUT2D eigenvalue weighted by molar-refractivity contribution is 9.10. The molecule has 3 aromatic carbocycles. The molecule has 4 atom stereocenters. The number of allylic oxidation sites excluding steroid dienone is 1. The normalized spacial score (nSPS) is 25.4. The molecule has 0 aromatic heterocycles. The minimum atomic E-state index is -1.28. The van der Waals surface area contributed by atoms with Crippen molar-refractivity contribution >= 4 is 50.4 Å². The summed E-state index contributed by atoms with van der Waals surface area (Å²) in [5.41, 5.74) is 2.84. The summed E-state index contributed by atoms with van der Waals surface area (Å²) in [7, 11) is 0. The molecule has 0 bridgehead atoms. The molecule has 192 valence electrons. The van der Waals surface area contributed by atoms with Crippen LogP contribution in [0.2, 0.25) is 0 Å². The highest BCUT2D eigenvalue weighted by Gasteiger charge is 2.71. The number of hydrogen-bond acceptors (Lipinski definition) is 4. The number of carbonyl (C=O) groups excluding carboxylic acids is 3. The SMILES string of the molecule is CC1=C[C@@H]2N(c3ccccc31)[C@H](C(=O)C(C)(C)C)[C@H](C(=O)c1ccc(Br)cc1)[C@]21C(=O)Nc2ccccc21. The van der Waals surface area contributed by atoms with E-state index < -0.39 is 28.8 Å².